The lowest BCUT2D eigenvalue weighted by molar-refractivity contribution is 0.481. The van der Waals surface area contributed by atoms with Crippen molar-refractivity contribution in [2.75, 3.05) is 10.6 Å². The molecule has 0 unspecified atom stereocenters. The molecule has 2 heterocycles. The average molecular weight is 916 g/mol. The zero-order chi connectivity index (χ0) is 43.7. The highest BCUT2D eigenvalue weighted by Gasteiger charge is 2.21. The zero-order valence-electron chi connectivity index (χ0n) is 30.8. The highest BCUT2D eigenvalue weighted by molar-refractivity contribution is 7.86. The number of azo groups is 2. The summed E-state index contributed by atoms with van der Waals surface area (Å²) in [4.78, 5) is 7.99. The van der Waals surface area contributed by atoms with Crippen molar-refractivity contribution in [3.05, 3.63) is 125 Å². The second-order valence-corrected chi connectivity index (χ2v) is 18.3. The summed E-state index contributed by atoms with van der Waals surface area (Å²) in [6, 6.07) is 29.0. The minimum Gasteiger partial charge on any atom is -0.339 e. The van der Waals surface area contributed by atoms with Gasteiger partial charge >= 0.3 is 0 Å². The normalized spacial score (nSPS) is 12.3. The minimum atomic E-state index is -4.67. The summed E-state index contributed by atoms with van der Waals surface area (Å²) in [6.45, 7) is 1.57. The molecular weight excluding hydrogens is 890 g/mol. The first kappa shape index (κ1) is 42.6. The van der Waals surface area contributed by atoms with E-state index in [4.69, 9.17) is 11.6 Å². The molecule has 308 valence electrons. The monoisotopic (exact) mass is 915 g/mol. The quantitative estimate of drug-likeness (QED) is 0.0563. The first-order valence-electron chi connectivity index (χ1n) is 17.1. The summed E-state index contributed by atoms with van der Waals surface area (Å²) in [6.07, 6.45) is 0. The van der Waals surface area contributed by atoms with Crippen LogP contribution in [-0.2, 0) is 30.4 Å². The predicted molar refractivity (Wildman–Crippen MR) is 227 cm³/mol. The third-order valence-electron chi connectivity index (χ3n) is 8.66. The van der Waals surface area contributed by atoms with Gasteiger partial charge in [0.2, 0.25) is 5.13 Å². The molecule has 7 rings (SSSR count). The predicted octanol–water partition coefficient (Wildman–Crippen LogP) is 10.2. The lowest BCUT2D eigenvalue weighted by Gasteiger charge is -2.16. The van der Waals surface area contributed by atoms with Crippen molar-refractivity contribution in [3.63, 3.8) is 0 Å². The summed E-state index contributed by atoms with van der Waals surface area (Å²) in [5.74, 6) is 0.0195. The van der Waals surface area contributed by atoms with Crippen molar-refractivity contribution in [2.24, 2.45) is 20.5 Å². The molecule has 0 aliphatic rings. The van der Waals surface area contributed by atoms with Crippen LogP contribution in [0.15, 0.2) is 144 Å². The molecule has 0 radical (unpaired) electrons. The standard InChI is InChI=1S/C38H26ClN9O9S4/c1-21-30(20-40)35(41-25-8-13-28(14-9-25)59(49,50)51)44-36(42-26-10-15-29(16-11-26)60(52,53)54)33(21)46-48-38-43-34(24-7-6-22-4-2-3-5-23(22)18-24)37(58-38)47-45-27-12-17-31(39)32(19-27)61(55,56)57/h2-19H,1H3,(H2,41,42,44)(H,49,50,51)(H,52,53,54)(H,55,56,57)/b47-45+,48-46+. The molecule has 18 nitrogen and oxygen atoms in total. The van der Waals surface area contributed by atoms with Crippen molar-refractivity contribution >= 4 is 109 Å². The van der Waals surface area contributed by atoms with Gasteiger partial charge < -0.3 is 10.6 Å². The Balaban J connectivity index is 1.33. The fraction of sp³-hybridized carbons (Fsp3) is 0.0263. The number of hydrogen-bond acceptors (Lipinski definition) is 16. The molecule has 0 bridgehead atoms. The molecule has 0 fully saturated rings. The highest BCUT2D eigenvalue weighted by Crippen LogP contribution is 2.43. The van der Waals surface area contributed by atoms with E-state index in [2.05, 4.69) is 47.1 Å². The van der Waals surface area contributed by atoms with Crippen LogP contribution >= 0.6 is 22.9 Å². The van der Waals surface area contributed by atoms with E-state index in [1.807, 2.05) is 42.5 Å². The van der Waals surface area contributed by atoms with Gasteiger partial charge in [-0.1, -0.05) is 59.3 Å². The first-order chi connectivity index (χ1) is 28.9. The molecule has 0 spiro atoms. The number of nitrogens with zero attached hydrogens (tertiary/aromatic N) is 7. The Morgan fingerprint density at radius 1 is 0.672 bits per heavy atom. The van der Waals surface area contributed by atoms with E-state index >= 15 is 0 Å². The topological polar surface area (TPSA) is 286 Å². The van der Waals surface area contributed by atoms with Crippen molar-refractivity contribution in [1.82, 2.24) is 9.97 Å². The molecule has 5 aromatic carbocycles. The van der Waals surface area contributed by atoms with Crippen LogP contribution in [0.5, 0.6) is 0 Å². The fourth-order valence-corrected chi connectivity index (χ4v) is 8.40. The largest absolute Gasteiger partial charge is 0.339 e. The number of nitriles is 1. The smallest absolute Gasteiger partial charge is 0.296 e. The van der Waals surface area contributed by atoms with Crippen LogP contribution in [0.1, 0.15) is 11.1 Å². The number of thiazole rings is 1. The molecule has 0 saturated carbocycles. The molecule has 0 saturated heterocycles. The van der Waals surface area contributed by atoms with Gasteiger partial charge in [0.15, 0.2) is 16.6 Å². The molecule has 5 N–H and O–H groups in total. The van der Waals surface area contributed by atoms with Crippen LogP contribution in [0.3, 0.4) is 0 Å². The van der Waals surface area contributed by atoms with E-state index in [0.717, 1.165) is 52.4 Å². The molecule has 61 heavy (non-hydrogen) atoms. The average Bonchev–Trinajstić information content (AvgIpc) is 3.62. The van der Waals surface area contributed by atoms with Gasteiger partial charge in [-0.3, -0.25) is 13.7 Å². The van der Waals surface area contributed by atoms with Crippen molar-refractivity contribution in [2.45, 2.75) is 21.6 Å². The van der Waals surface area contributed by atoms with E-state index < -0.39 is 35.2 Å². The Labute approximate surface area is 356 Å². The van der Waals surface area contributed by atoms with Crippen LogP contribution in [0.25, 0.3) is 22.0 Å². The maximum absolute atomic E-state index is 11.9. The van der Waals surface area contributed by atoms with E-state index in [9.17, 15) is 44.2 Å². The molecule has 7 aromatic rings. The summed E-state index contributed by atoms with van der Waals surface area (Å²) in [5, 5.41) is 35.6. The van der Waals surface area contributed by atoms with Crippen LogP contribution in [0.4, 0.5) is 44.5 Å². The number of fused-ring (bicyclic) bond motifs is 1. The Kier molecular flexibility index (Phi) is 11.8. The Morgan fingerprint density at radius 2 is 1.28 bits per heavy atom. The Morgan fingerprint density at radius 3 is 1.87 bits per heavy atom. The minimum absolute atomic E-state index is 0.00510. The Hall–Kier alpha value is -6.55. The van der Waals surface area contributed by atoms with Crippen molar-refractivity contribution in [1.29, 1.82) is 5.26 Å². The molecule has 0 aliphatic carbocycles. The van der Waals surface area contributed by atoms with Gasteiger partial charge in [0.05, 0.1) is 26.1 Å². The van der Waals surface area contributed by atoms with Gasteiger partial charge in [0.1, 0.15) is 22.3 Å². The maximum Gasteiger partial charge on any atom is 0.296 e. The number of hydrogen-bond donors (Lipinski definition) is 5. The Bertz CT molecular complexity index is 3320. The lowest BCUT2D eigenvalue weighted by atomic mass is 10.1. The van der Waals surface area contributed by atoms with Crippen molar-refractivity contribution < 1.29 is 38.9 Å². The summed E-state index contributed by atoms with van der Waals surface area (Å²) in [5.41, 5.74) is 1.92. The van der Waals surface area contributed by atoms with E-state index in [1.54, 1.807) is 6.92 Å². The van der Waals surface area contributed by atoms with Crippen LogP contribution in [0.2, 0.25) is 5.02 Å². The van der Waals surface area contributed by atoms with Gasteiger partial charge in [0.25, 0.3) is 30.4 Å². The summed E-state index contributed by atoms with van der Waals surface area (Å²) in [7, 11) is -13.7. The lowest BCUT2D eigenvalue weighted by Crippen LogP contribution is -2.05. The fourth-order valence-electron chi connectivity index (χ4n) is 5.71. The number of benzene rings is 5. The number of nitrogens with one attached hydrogen (secondary N) is 2. The van der Waals surface area contributed by atoms with Gasteiger partial charge in [0, 0.05) is 22.5 Å². The second kappa shape index (κ2) is 16.8. The maximum atomic E-state index is 11.9. The number of halogens is 1. The molecule has 0 aliphatic heterocycles. The highest BCUT2D eigenvalue weighted by atomic mass is 35.5. The van der Waals surface area contributed by atoms with Crippen LogP contribution in [0, 0.1) is 18.3 Å². The first-order valence-corrected chi connectivity index (χ1v) is 22.6. The molecule has 23 heteroatoms. The number of aromatic nitrogens is 2. The van der Waals surface area contributed by atoms with Crippen LogP contribution < -0.4 is 10.6 Å². The SMILES string of the molecule is Cc1c(C#N)c(Nc2ccc(S(=O)(=O)O)cc2)nc(Nc2ccc(S(=O)(=O)O)cc2)c1/N=N/c1nc(-c2ccc3ccccc3c2)c(/N=N/c2ccc(Cl)c(S(=O)(=O)O)c2)s1. The molecule has 0 atom stereocenters. The molecule has 2 aromatic heterocycles. The van der Waals surface area contributed by atoms with Crippen molar-refractivity contribution in [3.8, 4) is 17.3 Å². The van der Waals surface area contributed by atoms with Crippen LogP contribution in [-0.4, -0.2) is 48.9 Å². The number of rotatable bonds is 12. The number of anilines is 4. The second-order valence-electron chi connectivity index (χ2n) is 12.7. The van der Waals surface area contributed by atoms with Gasteiger partial charge in [-0.25, -0.2) is 9.97 Å². The third-order valence-corrected chi connectivity index (χ3v) is 12.6. The van der Waals surface area contributed by atoms with Gasteiger partial charge in [-0.05, 0) is 90.5 Å². The van der Waals surface area contributed by atoms with E-state index in [0.29, 0.717) is 22.6 Å². The van der Waals surface area contributed by atoms with Gasteiger partial charge in [-0.2, -0.15) is 30.5 Å². The number of pyridine rings is 1. The zero-order valence-corrected chi connectivity index (χ0v) is 34.8. The third kappa shape index (κ3) is 9.75. The summed E-state index contributed by atoms with van der Waals surface area (Å²) >= 11 is 6.95. The van der Waals surface area contributed by atoms with E-state index in [-0.39, 0.29) is 59.1 Å². The van der Waals surface area contributed by atoms with E-state index in [1.165, 1.54) is 36.4 Å². The summed E-state index contributed by atoms with van der Waals surface area (Å²) < 4.78 is 98.8. The molecule has 0 amide bonds. The van der Waals surface area contributed by atoms with Gasteiger partial charge in [-0.15, -0.1) is 20.5 Å². The molecular formula is C38H26ClN9O9S4.